The molecule has 2 saturated heterocycles. The van der Waals surface area contributed by atoms with Crippen molar-refractivity contribution in [3.05, 3.63) is 40.4 Å². The van der Waals surface area contributed by atoms with Gasteiger partial charge in [0.2, 0.25) is 11.8 Å². The van der Waals surface area contributed by atoms with Gasteiger partial charge in [-0.3, -0.25) is 9.59 Å². The van der Waals surface area contributed by atoms with Crippen LogP contribution in [0.15, 0.2) is 24.3 Å². The molecule has 1 aromatic carbocycles. The molecule has 2 amide bonds. The molecule has 5 nitrogen and oxygen atoms in total. The van der Waals surface area contributed by atoms with Gasteiger partial charge in [0.1, 0.15) is 0 Å². The summed E-state index contributed by atoms with van der Waals surface area (Å²) in [6.45, 7) is 3.15. The summed E-state index contributed by atoms with van der Waals surface area (Å²) in [5.41, 5.74) is -0.691. The third-order valence-electron chi connectivity index (χ3n) is 5.21. The number of amides is 2. The summed E-state index contributed by atoms with van der Waals surface area (Å²) in [5.74, 6) is -0.318. The summed E-state index contributed by atoms with van der Waals surface area (Å²) in [7, 11) is 0. The minimum Gasteiger partial charge on any atom is -0.378 e. The number of piperidine rings is 1. The third kappa shape index (κ3) is 5.51. The fourth-order valence-corrected chi connectivity index (χ4v) is 3.68. The molecule has 0 spiro atoms. The molecule has 9 heteroatoms. The molecule has 3 rings (SSSR count). The lowest BCUT2D eigenvalue weighted by Crippen LogP contribution is -2.47. The van der Waals surface area contributed by atoms with Crippen molar-refractivity contribution in [3.8, 4) is 0 Å². The van der Waals surface area contributed by atoms with E-state index in [1.807, 2.05) is 0 Å². The van der Waals surface area contributed by atoms with Gasteiger partial charge in [-0.15, -0.1) is 0 Å². The van der Waals surface area contributed by atoms with E-state index in [0.717, 1.165) is 18.2 Å². The lowest BCUT2D eigenvalue weighted by molar-refractivity contribution is -0.142. The molecule has 2 heterocycles. The topological polar surface area (TPSA) is 49.9 Å². The van der Waals surface area contributed by atoms with E-state index < -0.39 is 11.7 Å². The Morgan fingerprint density at radius 1 is 1.07 bits per heavy atom. The monoisotopic (exact) mass is 430 g/mol. The molecule has 0 unspecified atom stereocenters. The van der Waals surface area contributed by atoms with Crippen LogP contribution in [0.4, 0.5) is 13.2 Å². The number of carbonyl (C=O) groups is 2. The molecule has 158 valence electrons. The van der Waals surface area contributed by atoms with Crippen molar-refractivity contribution in [2.75, 3.05) is 39.4 Å². The van der Waals surface area contributed by atoms with Crippen LogP contribution >= 0.6 is 11.6 Å². The van der Waals surface area contributed by atoms with Crippen molar-refractivity contribution in [3.63, 3.8) is 0 Å². The normalized spacial score (nSPS) is 19.0. The van der Waals surface area contributed by atoms with E-state index in [2.05, 4.69) is 0 Å². The summed E-state index contributed by atoms with van der Waals surface area (Å²) in [5, 5.41) is 0.136. The van der Waals surface area contributed by atoms with E-state index >= 15 is 0 Å². The number of rotatable bonds is 3. The zero-order chi connectivity index (χ0) is 21.0. The van der Waals surface area contributed by atoms with Crippen LogP contribution in [0, 0.1) is 5.92 Å². The van der Waals surface area contributed by atoms with Gasteiger partial charge in [-0.05, 0) is 42.7 Å². The number of likely N-dealkylation sites (tertiary alicyclic amines) is 1. The highest BCUT2D eigenvalue weighted by Gasteiger charge is 2.31. The maximum absolute atomic E-state index is 12.8. The Morgan fingerprint density at radius 3 is 2.34 bits per heavy atom. The van der Waals surface area contributed by atoms with E-state index in [4.69, 9.17) is 16.3 Å². The molecule has 1 aromatic rings. The smallest absolute Gasteiger partial charge is 0.378 e. The Kier molecular flexibility index (Phi) is 6.85. The number of carbonyl (C=O) groups excluding carboxylic acids is 2. The molecule has 0 radical (unpaired) electrons. The first kappa shape index (κ1) is 21.6. The maximum Gasteiger partial charge on any atom is 0.416 e. The molecule has 29 heavy (non-hydrogen) atoms. The van der Waals surface area contributed by atoms with E-state index in [1.54, 1.807) is 9.80 Å². The van der Waals surface area contributed by atoms with E-state index in [-0.39, 0.29) is 28.3 Å². The van der Waals surface area contributed by atoms with Gasteiger partial charge < -0.3 is 14.5 Å². The van der Waals surface area contributed by atoms with Crippen LogP contribution in [0.5, 0.6) is 0 Å². The Hall–Kier alpha value is -2.06. The van der Waals surface area contributed by atoms with Crippen LogP contribution in [-0.2, 0) is 20.5 Å². The second-order valence-electron chi connectivity index (χ2n) is 7.10. The minimum atomic E-state index is -4.48. The summed E-state index contributed by atoms with van der Waals surface area (Å²) in [4.78, 5) is 28.3. The first-order valence-corrected chi connectivity index (χ1v) is 9.84. The predicted molar refractivity (Wildman–Crippen MR) is 102 cm³/mol. The standard InChI is InChI=1S/C20H22ClF3N2O3/c21-17-3-2-16(20(22,23)24)13-15(17)1-4-18(27)25-7-5-14(6-8-25)19(28)26-9-11-29-12-10-26/h1-4,13-14H,5-12H2/b4-1+. The number of ether oxygens (including phenoxy) is 1. The Labute approximate surface area is 172 Å². The van der Waals surface area contributed by atoms with Gasteiger partial charge >= 0.3 is 6.18 Å². The van der Waals surface area contributed by atoms with Crippen molar-refractivity contribution in [1.29, 1.82) is 0 Å². The molecular formula is C20H22ClF3N2O3. The summed E-state index contributed by atoms with van der Waals surface area (Å²) < 4.78 is 43.8. The van der Waals surface area contributed by atoms with Gasteiger partial charge in [-0.2, -0.15) is 13.2 Å². The third-order valence-corrected chi connectivity index (χ3v) is 5.55. The van der Waals surface area contributed by atoms with Gasteiger partial charge in [0.15, 0.2) is 0 Å². The molecule has 0 atom stereocenters. The SMILES string of the molecule is O=C(/C=C/c1cc(C(F)(F)F)ccc1Cl)N1CCC(C(=O)N2CCOCC2)CC1. The fourth-order valence-electron chi connectivity index (χ4n) is 3.50. The molecule has 0 N–H and O–H groups in total. The van der Waals surface area contributed by atoms with E-state index in [9.17, 15) is 22.8 Å². The molecule has 2 aliphatic heterocycles. The molecule has 0 bridgehead atoms. The Bertz CT molecular complexity index is 784. The zero-order valence-corrected chi connectivity index (χ0v) is 16.5. The molecule has 2 fully saturated rings. The molecule has 2 aliphatic rings. The highest BCUT2D eigenvalue weighted by Crippen LogP contribution is 2.32. The second-order valence-corrected chi connectivity index (χ2v) is 7.51. The predicted octanol–water partition coefficient (Wildman–Crippen LogP) is 3.47. The summed E-state index contributed by atoms with van der Waals surface area (Å²) >= 11 is 5.95. The minimum absolute atomic E-state index is 0.103. The zero-order valence-electron chi connectivity index (χ0n) is 15.8. The van der Waals surface area contributed by atoms with Crippen LogP contribution in [0.2, 0.25) is 5.02 Å². The highest BCUT2D eigenvalue weighted by atomic mass is 35.5. The molecule has 0 aromatic heterocycles. The van der Waals surface area contributed by atoms with Crippen molar-refractivity contribution in [1.82, 2.24) is 9.80 Å². The molecular weight excluding hydrogens is 409 g/mol. The highest BCUT2D eigenvalue weighted by molar-refractivity contribution is 6.32. The lowest BCUT2D eigenvalue weighted by atomic mass is 9.95. The fraction of sp³-hybridized carbons (Fsp3) is 0.500. The average molecular weight is 431 g/mol. The summed E-state index contributed by atoms with van der Waals surface area (Å²) in [6, 6.07) is 2.98. The maximum atomic E-state index is 12.8. The van der Waals surface area contributed by atoms with Crippen LogP contribution in [-0.4, -0.2) is 61.0 Å². The van der Waals surface area contributed by atoms with Gasteiger partial charge in [0, 0.05) is 43.2 Å². The average Bonchev–Trinajstić information content (AvgIpc) is 2.72. The van der Waals surface area contributed by atoms with Crippen molar-refractivity contribution in [2.45, 2.75) is 19.0 Å². The lowest BCUT2D eigenvalue weighted by Gasteiger charge is -2.35. The number of benzene rings is 1. The Morgan fingerprint density at radius 2 is 1.72 bits per heavy atom. The van der Waals surface area contributed by atoms with E-state index in [1.165, 1.54) is 12.2 Å². The van der Waals surface area contributed by atoms with Crippen LogP contribution < -0.4 is 0 Å². The van der Waals surface area contributed by atoms with Gasteiger partial charge in [-0.1, -0.05) is 11.6 Å². The van der Waals surface area contributed by atoms with Crippen LogP contribution in [0.1, 0.15) is 24.0 Å². The molecule has 0 aliphatic carbocycles. The van der Waals surface area contributed by atoms with Crippen molar-refractivity contribution >= 4 is 29.5 Å². The first-order valence-electron chi connectivity index (χ1n) is 9.46. The van der Waals surface area contributed by atoms with Crippen LogP contribution in [0.25, 0.3) is 6.08 Å². The van der Waals surface area contributed by atoms with Crippen molar-refractivity contribution < 1.29 is 27.5 Å². The Balaban J connectivity index is 1.56. The number of morpholine rings is 1. The van der Waals surface area contributed by atoms with Crippen LogP contribution in [0.3, 0.4) is 0 Å². The number of halogens is 4. The van der Waals surface area contributed by atoms with Gasteiger partial charge in [-0.25, -0.2) is 0 Å². The number of hydrogen-bond donors (Lipinski definition) is 0. The first-order chi connectivity index (χ1) is 13.8. The number of nitrogens with zero attached hydrogens (tertiary/aromatic N) is 2. The number of alkyl halides is 3. The quantitative estimate of drug-likeness (QED) is 0.690. The largest absolute Gasteiger partial charge is 0.416 e. The second kappa shape index (κ2) is 9.17. The number of hydrogen-bond acceptors (Lipinski definition) is 3. The van der Waals surface area contributed by atoms with Crippen molar-refractivity contribution in [2.24, 2.45) is 5.92 Å². The van der Waals surface area contributed by atoms with Gasteiger partial charge in [0.25, 0.3) is 0 Å². The van der Waals surface area contributed by atoms with E-state index in [0.29, 0.717) is 52.2 Å². The molecule has 0 saturated carbocycles. The summed E-state index contributed by atoms with van der Waals surface area (Å²) in [6.07, 6.45) is -0.817. The van der Waals surface area contributed by atoms with Gasteiger partial charge in [0.05, 0.1) is 18.8 Å².